The largest absolute Gasteiger partial charge is 0.261 e. The molecule has 0 aliphatic rings. The van der Waals surface area contributed by atoms with Gasteiger partial charge in [-0.25, -0.2) is 5.26 Å². The van der Waals surface area contributed by atoms with Crippen LogP contribution in [0.2, 0.25) is 0 Å². The first-order chi connectivity index (χ1) is 5.74. The maximum Gasteiger partial charge on any atom is 0.117 e. The van der Waals surface area contributed by atoms with E-state index in [2.05, 4.69) is 28.7 Å². The van der Waals surface area contributed by atoms with E-state index < -0.39 is 0 Å². The van der Waals surface area contributed by atoms with E-state index in [1.165, 1.54) is 20.6 Å². The Morgan fingerprint density at radius 3 is 1.17 bits per heavy atom. The highest BCUT2D eigenvalue weighted by Crippen LogP contribution is 1.56. The zero-order valence-electron chi connectivity index (χ0n) is 7.75. The van der Waals surface area contributed by atoms with Crippen LogP contribution in [0.5, 0.6) is 0 Å². The molecule has 7 nitrogen and oxygen atoms in total. The minimum Gasteiger partial charge on any atom is -0.261 e. The highest BCUT2D eigenvalue weighted by molar-refractivity contribution is 4.07. The predicted molar refractivity (Wildman–Crippen MR) is 45.0 cm³/mol. The Balaban J connectivity index is -0.0000000368. The van der Waals surface area contributed by atoms with Crippen molar-refractivity contribution < 1.29 is 25.3 Å². The van der Waals surface area contributed by atoms with Gasteiger partial charge in [-0.3, -0.25) is 5.26 Å². The van der Waals surface area contributed by atoms with Crippen LogP contribution in [0.25, 0.3) is 0 Å². The summed E-state index contributed by atoms with van der Waals surface area (Å²) in [5.74, 6) is 0. The van der Waals surface area contributed by atoms with Gasteiger partial charge in [0.25, 0.3) is 0 Å². The molecule has 0 aromatic carbocycles. The van der Waals surface area contributed by atoms with Crippen molar-refractivity contribution in [3.05, 3.63) is 9.93 Å². The van der Waals surface area contributed by atoms with Crippen LogP contribution < -0.4 is 0 Å². The van der Waals surface area contributed by atoms with E-state index in [4.69, 9.17) is 20.4 Å². The zero-order valence-corrected chi connectivity index (χ0v) is 7.75. The maximum atomic E-state index is 7.00. The van der Waals surface area contributed by atoms with E-state index in [1.54, 1.807) is 0 Å². The maximum absolute atomic E-state index is 7.00. The van der Waals surface area contributed by atoms with Gasteiger partial charge in [-0.15, -0.1) is 4.89 Å². The first kappa shape index (κ1) is 22.5. The molecule has 0 atom stereocenters. The van der Waals surface area contributed by atoms with Gasteiger partial charge in [0.05, 0.1) is 12.1 Å². The van der Waals surface area contributed by atoms with Crippen molar-refractivity contribution in [2.75, 3.05) is 14.2 Å². The van der Waals surface area contributed by atoms with Crippen molar-refractivity contribution in [3.63, 3.8) is 0 Å². The Labute approximate surface area is 70.9 Å². The summed E-state index contributed by atoms with van der Waals surface area (Å²) >= 11 is 0. The molecule has 78 valence electrons. The third-order valence-electron chi connectivity index (χ3n) is 0.0833. The van der Waals surface area contributed by atoms with Crippen LogP contribution in [0, 0.1) is 9.93 Å². The topological polar surface area (TPSA) is 108 Å². The Morgan fingerprint density at radius 2 is 1.17 bits per heavy atom. The fraction of sp³-hybridized carbons (Fsp3) is 1.00. The van der Waals surface area contributed by atoms with Crippen molar-refractivity contribution >= 4 is 0 Å². The molecule has 0 aromatic heterocycles. The summed E-state index contributed by atoms with van der Waals surface area (Å²) in [6.07, 6.45) is 1.25. The Kier molecular flexibility index (Phi) is 149. The molecule has 0 aliphatic heterocycles. The first-order valence-corrected chi connectivity index (χ1v) is 2.97. The Morgan fingerprint density at radius 1 is 1.08 bits per heavy atom. The summed E-state index contributed by atoms with van der Waals surface area (Å²) < 4.78 is 0. The lowest BCUT2D eigenvalue weighted by atomic mass is 10.6. The molecule has 0 aromatic rings. The average Bonchev–Trinajstić information content (AvgIpc) is 2.10. The normalized spacial score (nSPS) is 5.83. The monoisotopic (exact) mass is 190 g/mol. The molecule has 12 heavy (non-hydrogen) atoms. The SMILES string of the molecule is CCC.COO[OH2+].CO[OH2+].O=O. The molecule has 7 heteroatoms. The minimum atomic E-state index is 1.25. The molecular weight excluding hydrogens is 172 g/mol. The van der Waals surface area contributed by atoms with E-state index in [9.17, 15) is 0 Å². The lowest BCUT2D eigenvalue weighted by Crippen LogP contribution is -1.74. The lowest BCUT2D eigenvalue weighted by molar-refractivity contribution is -0.479. The molecule has 0 spiro atoms. The van der Waals surface area contributed by atoms with Crippen LogP contribution in [0.15, 0.2) is 0 Å². The van der Waals surface area contributed by atoms with Gasteiger partial charge in [0, 0.05) is 9.93 Å². The molecule has 0 unspecified atom stereocenters. The molecule has 0 amide bonds. The number of hydrogen-bond acceptors (Lipinski definition) is 5. The van der Waals surface area contributed by atoms with Gasteiger partial charge in [0.15, 0.2) is 0 Å². The quantitative estimate of drug-likeness (QED) is 0.327. The van der Waals surface area contributed by atoms with Gasteiger partial charge in [-0.2, -0.15) is 4.89 Å². The van der Waals surface area contributed by atoms with Crippen LogP contribution in [0.1, 0.15) is 20.3 Å². The highest BCUT2D eigenvalue weighted by atomic mass is 17.5. The second kappa shape index (κ2) is 79.5. The van der Waals surface area contributed by atoms with Crippen LogP contribution in [-0.2, 0) is 14.8 Å². The minimum absolute atomic E-state index is 1.25. The van der Waals surface area contributed by atoms with Gasteiger partial charge in [-0.1, -0.05) is 20.3 Å². The molecule has 0 saturated heterocycles. The Bertz CT molecular complexity index is 31.0. The van der Waals surface area contributed by atoms with Gasteiger partial charge in [-0.05, 0) is 0 Å². The third-order valence-corrected chi connectivity index (χ3v) is 0.0833. The van der Waals surface area contributed by atoms with E-state index in [1.807, 2.05) is 0 Å². The second-order valence-corrected chi connectivity index (χ2v) is 1.16. The van der Waals surface area contributed by atoms with E-state index in [0.29, 0.717) is 0 Å². The van der Waals surface area contributed by atoms with Crippen LogP contribution >= 0.6 is 0 Å². The number of rotatable bonds is 1. The van der Waals surface area contributed by atoms with E-state index in [-0.39, 0.29) is 0 Å². The van der Waals surface area contributed by atoms with Crippen molar-refractivity contribution in [1.29, 1.82) is 0 Å². The molecule has 0 radical (unpaired) electrons. The lowest BCUT2D eigenvalue weighted by Gasteiger charge is -1.68. The fourth-order valence-electron chi connectivity index (χ4n) is 0. The van der Waals surface area contributed by atoms with Crippen molar-refractivity contribution in [2.45, 2.75) is 20.3 Å². The molecule has 0 fully saturated rings. The average molecular weight is 190 g/mol. The van der Waals surface area contributed by atoms with Crippen molar-refractivity contribution in [3.8, 4) is 0 Å². The smallest absolute Gasteiger partial charge is 0.117 e. The third kappa shape index (κ3) is 4150. The molecule has 0 saturated carbocycles. The summed E-state index contributed by atoms with van der Waals surface area (Å²) in [6, 6.07) is 0. The van der Waals surface area contributed by atoms with E-state index >= 15 is 0 Å². The van der Waals surface area contributed by atoms with E-state index in [0.717, 1.165) is 0 Å². The highest BCUT2D eigenvalue weighted by Gasteiger charge is 1.57. The summed E-state index contributed by atoms with van der Waals surface area (Å²) in [5.41, 5.74) is 0. The van der Waals surface area contributed by atoms with Crippen LogP contribution in [-0.4, -0.2) is 24.7 Å². The van der Waals surface area contributed by atoms with Crippen LogP contribution in [0.3, 0.4) is 0 Å². The summed E-state index contributed by atoms with van der Waals surface area (Å²) in [6.45, 7) is 4.25. The molecule has 0 rings (SSSR count). The summed E-state index contributed by atoms with van der Waals surface area (Å²) in [5, 5.41) is 14.7. The molecular formula is C5H18O7+2. The molecule has 0 aliphatic carbocycles. The number of hydrogen-bond donors (Lipinski definition) is 0. The van der Waals surface area contributed by atoms with Crippen LogP contribution in [0.4, 0.5) is 0 Å². The predicted octanol–water partition coefficient (Wildman–Crippen LogP) is -0.0403. The standard InChI is InChI=1S/C3H8.CH4O3.CH4O2.O2/c1-3-2;1-3-4-2;1-3-2;1-2/h3H2,1-2H3;2H,1H3;2H,1H3;/p+2. The molecule has 0 heterocycles. The van der Waals surface area contributed by atoms with Crippen molar-refractivity contribution in [1.82, 2.24) is 0 Å². The molecule has 4 N–H and O–H groups in total. The fourth-order valence-corrected chi connectivity index (χ4v) is 0. The molecule has 0 bridgehead atoms. The van der Waals surface area contributed by atoms with Gasteiger partial charge in [0.1, 0.15) is 7.11 Å². The van der Waals surface area contributed by atoms with Gasteiger partial charge < -0.3 is 0 Å². The Hall–Kier alpha value is -0.600. The van der Waals surface area contributed by atoms with Gasteiger partial charge in [0.2, 0.25) is 0 Å². The second-order valence-electron chi connectivity index (χ2n) is 1.16. The zero-order chi connectivity index (χ0) is 10.8. The van der Waals surface area contributed by atoms with Crippen molar-refractivity contribution in [2.24, 2.45) is 0 Å². The first-order valence-electron chi connectivity index (χ1n) is 2.97. The van der Waals surface area contributed by atoms with Gasteiger partial charge >= 0.3 is 0 Å². The summed E-state index contributed by atoms with van der Waals surface area (Å²) in [7, 11) is 2.56. The summed E-state index contributed by atoms with van der Waals surface area (Å²) in [4.78, 5) is 21.2.